The summed E-state index contributed by atoms with van der Waals surface area (Å²) in [5, 5.41) is 1.64. The molecule has 2 aromatic heterocycles. The molecular formula is C16H14ClN3. The van der Waals surface area contributed by atoms with Crippen molar-refractivity contribution in [3.05, 3.63) is 64.8 Å². The van der Waals surface area contributed by atoms with Crippen LogP contribution in [0.15, 0.2) is 42.5 Å². The van der Waals surface area contributed by atoms with Crippen LogP contribution in [0.4, 0.5) is 0 Å². The van der Waals surface area contributed by atoms with Gasteiger partial charge in [-0.1, -0.05) is 42.8 Å². The standard InChI is InChI=1S/C16H14ClN3/c1-2-16-19-13(10-15(17)20-16)9-12-8-7-11-5-3-4-6-14(11)18-12/h3-8,10H,2,9H2,1H3. The van der Waals surface area contributed by atoms with Gasteiger partial charge in [-0.3, -0.25) is 4.98 Å². The first-order valence-electron chi connectivity index (χ1n) is 6.61. The van der Waals surface area contributed by atoms with Gasteiger partial charge in [-0.15, -0.1) is 0 Å². The summed E-state index contributed by atoms with van der Waals surface area (Å²) < 4.78 is 0. The largest absolute Gasteiger partial charge is 0.252 e. The first kappa shape index (κ1) is 13.0. The normalized spacial score (nSPS) is 10.9. The summed E-state index contributed by atoms with van der Waals surface area (Å²) in [6.07, 6.45) is 1.44. The van der Waals surface area contributed by atoms with E-state index in [0.717, 1.165) is 34.5 Å². The molecule has 0 fully saturated rings. The molecule has 4 heteroatoms. The number of para-hydroxylation sites is 1. The molecule has 100 valence electrons. The Kier molecular flexibility index (Phi) is 3.61. The molecule has 3 aromatic rings. The van der Waals surface area contributed by atoms with Crippen LogP contribution in [0.25, 0.3) is 10.9 Å². The zero-order valence-corrected chi connectivity index (χ0v) is 11.9. The number of aryl methyl sites for hydroxylation is 1. The summed E-state index contributed by atoms with van der Waals surface area (Å²) in [5.41, 5.74) is 2.89. The van der Waals surface area contributed by atoms with Crippen molar-refractivity contribution >= 4 is 22.5 Å². The lowest BCUT2D eigenvalue weighted by atomic mass is 10.1. The molecule has 0 aliphatic carbocycles. The molecule has 0 saturated carbocycles. The highest BCUT2D eigenvalue weighted by Crippen LogP contribution is 2.15. The lowest BCUT2D eigenvalue weighted by Gasteiger charge is -2.05. The number of benzene rings is 1. The highest BCUT2D eigenvalue weighted by Gasteiger charge is 2.05. The summed E-state index contributed by atoms with van der Waals surface area (Å²) in [6.45, 7) is 2.02. The van der Waals surface area contributed by atoms with Crippen molar-refractivity contribution in [2.75, 3.05) is 0 Å². The smallest absolute Gasteiger partial charge is 0.133 e. The molecule has 0 spiro atoms. The molecule has 0 aliphatic rings. The van der Waals surface area contributed by atoms with Crippen molar-refractivity contribution in [1.82, 2.24) is 15.0 Å². The summed E-state index contributed by atoms with van der Waals surface area (Å²) in [7, 11) is 0. The lowest BCUT2D eigenvalue weighted by molar-refractivity contribution is 0.890. The van der Waals surface area contributed by atoms with Crippen LogP contribution in [0.5, 0.6) is 0 Å². The molecular weight excluding hydrogens is 270 g/mol. The Bertz CT molecular complexity index is 756. The zero-order valence-electron chi connectivity index (χ0n) is 11.2. The molecule has 1 aromatic carbocycles. The van der Waals surface area contributed by atoms with E-state index in [0.29, 0.717) is 11.6 Å². The van der Waals surface area contributed by atoms with Crippen molar-refractivity contribution in [3.8, 4) is 0 Å². The highest BCUT2D eigenvalue weighted by atomic mass is 35.5. The maximum absolute atomic E-state index is 6.02. The van der Waals surface area contributed by atoms with E-state index in [1.807, 2.05) is 31.2 Å². The van der Waals surface area contributed by atoms with Crippen molar-refractivity contribution < 1.29 is 0 Å². The van der Waals surface area contributed by atoms with E-state index in [9.17, 15) is 0 Å². The Morgan fingerprint density at radius 1 is 0.950 bits per heavy atom. The second kappa shape index (κ2) is 5.55. The fraction of sp³-hybridized carbons (Fsp3) is 0.188. The molecule has 0 amide bonds. The summed E-state index contributed by atoms with van der Waals surface area (Å²) in [4.78, 5) is 13.3. The van der Waals surface area contributed by atoms with Gasteiger partial charge in [0.2, 0.25) is 0 Å². The van der Waals surface area contributed by atoms with E-state index in [2.05, 4.69) is 27.1 Å². The molecule has 3 rings (SSSR count). The van der Waals surface area contributed by atoms with Gasteiger partial charge in [-0.2, -0.15) is 0 Å². The third-order valence-electron chi connectivity index (χ3n) is 3.13. The molecule has 0 radical (unpaired) electrons. The Morgan fingerprint density at radius 2 is 1.80 bits per heavy atom. The number of aromatic nitrogens is 3. The van der Waals surface area contributed by atoms with Crippen molar-refractivity contribution in [2.45, 2.75) is 19.8 Å². The summed E-state index contributed by atoms with van der Waals surface area (Å²) >= 11 is 6.02. The van der Waals surface area contributed by atoms with Crippen LogP contribution in [0.1, 0.15) is 24.1 Å². The van der Waals surface area contributed by atoms with E-state index in [-0.39, 0.29) is 0 Å². The first-order chi connectivity index (χ1) is 9.74. The topological polar surface area (TPSA) is 38.7 Å². The Morgan fingerprint density at radius 3 is 2.65 bits per heavy atom. The van der Waals surface area contributed by atoms with Crippen LogP contribution < -0.4 is 0 Å². The van der Waals surface area contributed by atoms with Crippen LogP contribution in [0, 0.1) is 0 Å². The number of pyridine rings is 1. The fourth-order valence-corrected chi connectivity index (χ4v) is 2.38. The molecule has 0 aliphatic heterocycles. The Labute approximate surface area is 122 Å². The Balaban J connectivity index is 1.94. The van der Waals surface area contributed by atoms with Gasteiger partial charge >= 0.3 is 0 Å². The van der Waals surface area contributed by atoms with E-state index >= 15 is 0 Å². The summed E-state index contributed by atoms with van der Waals surface area (Å²) in [6, 6.07) is 14.0. The van der Waals surface area contributed by atoms with Crippen LogP contribution in [0.2, 0.25) is 5.15 Å². The molecule has 3 nitrogen and oxygen atoms in total. The van der Waals surface area contributed by atoms with Gasteiger partial charge in [0.25, 0.3) is 0 Å². The monoisotopic (exact) mass is 283 g/mol. The van der Waals surface area contributed by atoms with Crippen LogP contribution in [-0.2, 0) is 12.8 Å². The van der Waals surface area contributed by atoms with Gasteiger partial charge in [-0.25, -0.2) is 9.97 Å². The van der Waals surface area contributed by atoms with Crippen molar-refractivity contribution in [1.29, 1.82) is 0 Å². The maximum atomic E-state index is 6.02. The number of halogens is 1. The number of nitrogens with zero attached hydrogens (tertiary/aromatic N) is 3. The predicted molar refractivity (Wildman–Crippen MR) is 81.0 cm³/mol. The van der Waals surface area contributed by atoms with E-state index in [1.54, 1.807) is 6.07 Å². The van der Waals surface area contributed by atoms with Gasteiger partial charge < -0.3 is 0 Å². The molecule has 0 bridgehead atoms. The van der Waals surface area contributed by atoms with Crippen molar-refractivity contribution in [2.24, 2.45) is 0 Å². The second-order valence-electron chi connectivity index (χ2n) is 4.62. The third-order valence-corrected chi connectivity index (χ3v) is 3.32. The minimum atomic E-state index is 0.493. The number of rotatable bonds is 3. The van der Waals surface area contributed by atoms with Crippen LogP contribution >= 0.6 is 11.6 Å². The van der Waals surface area contributed by atoms with E-state index in [4.69, 9.17) is 11.6 Å². The first-order valence-corrected chi connectivity index (χ1v) is 6.99. The molecule has 2 heterocycles. The van der Waals surface area contributed by atoms with Crippen molar-refractivity contribution in [3.63, 3.8) is 0 Å². The maximum Gasteiger partial charge on any atom is 0.133 e. The van der Waals surface area contributed by atoms with Crippen LogP contribution in [0.3, 0.4) is 0 Å². The van der Waals surface area contributed by atoms with Gasteiger partial charge in [0.05, 0.1) is 11.2 Å². The number of hydrogen-bond donors (Lipinski definition) is 0. The average molecular weight is 284 g/mol. The average Bonchev–Trinajstić information content (AvgIpc) is 2.46. The number of fused-ring (bicyclic) bond motifs is 1. The molecule has 20 heavy (non-hydrogen) atoms. The molecule has 0 atom stereocenters. The lowest BCUT2D eigenvalue weighted by Crippen LogP contribution is -2.01. The van der Waals surface area contributed by atoms with Gasteiger partial charge in [-0.05, 0) is 18.2 Å². The van der Waals surface area contributed by atoms with Gasteiger partial charge in [0, 0.05) is 23.9 Å². The Hall–Kier alpha value is -2.00. The minimum absolute atomic E-state index is 0.493. The van der Waals surface area contributed by atoms with Gasteiger partial charge in [0.1, 0.15) is 11.0 Å². The zero-order chi connectivity index (χ0) is 13.9. The predicted octanol–water partition coefficient (Wildman–Crippen LogP) is 3.83. The molecule has 0 N–H and O–H groups in total. The molecule has 0 saturated heterocycles. The van der Waals surface area contributed by atoms with E-state index < -0.39 is 0 Å². The van der Waals surface area contributed by atoms with Gasteiger partial charge in [0.15, 0.2) is 0 Å². The number of hydrogen-bond acceptors (Lipinski definition) is 3. The fourth-order valence-electron chi connectivity index (χ4n) is 2.16. The molecule has 0 unspecified atom stereocenters. The highest BCUT2D eigenvalue weighted by molar-refractivity contribution is 6.29. The minimum Gasteiger partial charge on any atom is -0.252 e. The SMILES string of the molecule is CCc1nc(Cl)cc(Cc2ccc3ccccc3n2)n1. The van der Waals surface area contributed by atoms with Crippen LogP contribution in [-0.4, -0.2) is 15.0 Å². The third kappa shape index (κ3) is 2.78. The summed E-state index contributed by atoms with van der Waals surface area (Å²) in [5.74, 6) is 0.772. The van der Waals surface area contributed by atoms with E-state index in [1.165, 1.54) is 0 Å². The second-order valence-corrected chi connectivity index (χ2v) is 5.01. The quantitative estimate of drug-likeness (QED) is 0.686.